The first-order chi connectivity index (χ1) is 26.5. The van der Waals surface area contributed by atoms with Gasteiger partial charge in [0.05, 0.1) is 13.2 Å². The Bertz CT molecular complexity index is 804. The summed E-state index contributed by atoms with van der Waals surface area (Å²) in [4.78, 5) is 27.8. The molecule has 0 aromatic rings. The maximum Gasteiger partial charge on any atom is 0.305 e. The van der Waals surface area contributed by atoms with Gasteiger partial charge in [-0.25, -0.2) is 0 Å². The summed E-state index contributed by atoms with van der Waals surface area (Å²) >= 11 is 0. The summed E-state index contributed by atoms with van der Waals surface area (Å²) in [5.41, 5.74) is 0. The highest BCUT2D eigenvalue weighted by atomic mass is 16.5. The van der Waals surface area contributed by atoms with Crippen molar-refractivity contribution in [3.63, 3.8) is 0 Å². The van der Waals surface area contributed by atoms with Crippen LogP contribution in [0.3, 0.4) is 0 Å². The zero-order valence-corrected chi connectivity index (χ0v) is 36.5. The third-order valence-corrected chi connectivity index (χ3v) is 11.2. The molecule has 320 valence electrons. The fourth-order valence-electron chi connectivity index (χ4n) is 7.54. The lowest BCUT2D eigenvalue weighted by molar-refractivity contribution is -0.146. The minimum Gasteiger partial charge on any atom is -0.465 e. The molecular formula is C48H93NO5. The summed E-state index contributed by atoms with van der Waals surface area (Å²) in [5, 5.41) is 9.31. The zero-order chi connectivity index (χ0) is 39.6. The predicted octanol–water partition coefficient (Wildman–Crippen LogP) is 13.7. The van der Waals surface area contributed by atoms with Crippen molar-refractivity contribution >= 4 is 11.9 Å². The van der Waals surface area contributed by atoms with Gasteiger partial charge in [-0.15, -0.1) is 6.58 Å². The van der Waals surface area contributed by atoms with Gasteiger partial charge >= 0.3 is 11.9 Å². The number of aliphatic hydroxyl groups excluding tert-OH is 1. The SMILES string of the molecule is C=CCCCCCCC(CCCCCC)COC(=O)CCCCCN(CCCCO)CCCCCC(=O)OCC(CCCCCC)CCCCCCCC. The van der Waals surface area contributed by atoms with Crippen molar-refractivity contribution in [3.05, 3.63) is 12.7 Å². The lowest BCUT2D eigenvalue weighted by atomic mass is 9.95. The molecule has 0 saturated heterocycles. The third kappa shape index (κ3) is 37.5. The molecule has 0 aliphatic rings. The molecule has 0 bridgehead atoms. The van der Waals surface area contributed by atoms with Gasteiger partial charge in [0.2, 0.25) is 0 Å². The Kier molecular flexibility index (Phi) is 41.6. The normalized spacial score (nSPS) is 12.6. The maximum absolute atomic E-state index is 12.6. The third-order valence-electron chi connectivity index (χ3n) is 11.2. The molecule has 6 heteroatoms. The maximum atomic E-state index is 12.6. The average Bonchev–Trinajstić information content (AvgIpc) is 3.17. The summed E-state index contributed by atoms with van der Waals surface area (Å²) in [6.07, 6.45) is 39.8. The van der Waals surface area contributed by atoms with E-state index in [1.54, 1.807) is 0 Å². The monoisotopic (exact) mass is 764 g/mol. The number of nitrogens with zero attached hydrogens (tertiary/aromatic N) is 1. The van der Waals surface area contributed by atoms with E-state index in [4.69, 9.17) is 9.47 Å². The molecule has 0 aliphatic carbocycles. The molecule has 0 aliphatic heterocycles. The van der Waals surface area contributed by atoms with E-state index in [0.29, 0.717) is 37.9 Å². The number of aliphatic hydroxyl groups is 1. The van der Waals surface area contributed by atoms with Gasteiger partial charge in [-0.1, -0.05) is 149 Å². The zero-order valence-electron chi connectivity index (χ0n) is 36.5. The summed E-state index contributed by atoms with van der Waals surface area (Å²) in [5.74, 6) is 0.968. The number of hydrogen-bond donors (Lipinski definition) is 1. The van der Waals surface area contributed by atoms with E-state index in [1.807, 2.05) is 6.08 Å². The van der Waals surface area contributed by atoms with Crippen LogP contribution in [0.25, 0.3) is 0 Å². The summed E-state index contributed by atoms with van der Waals surface area (Å²) in [7, 11) is 0. The number of carbonyl (C=O) groups excluding carboxylic acids is 2. The number of hydrogen-bond acceptors (Lipinski definition) is 6. The molecule has 0 rings (SSSR count). The van der Waals surface area contributed by atoms with Gasteiger partial charge in [-0.3, -0.25) is 9.59 Å². The first-order valence-corrected chi connectivity index (χ1v) is 23.8. The van der Waals surface area contributed by atoms with E-state index < -0.39 is 0 Å². The lowest BCUT2D eigenvalue weighted by Crippen LogP contribution is -2.27. The Balaban J connectivity index is 4.39. The highest BCUT2D eigenvalue weighted by molar-refractivity contribution is 5.69. The molecule has 0 spiro atoms. The van der Waals surface area contributed by atoms with E-state index in [1.165, 1.54) is 141 Å². The highest BCUT2D eigenvalue weighted by Crippen LogP contribution is 2.21. The molecule has 54 heavy (non-hydrogen) atoms. The van der Waals surface area contributed by atoms with Gasteiger partial charge in [0.15, 0.2) is 0 Å². The topological polar surface area (TPSA) is 76.1 Å². The Morgan fingerprint density at radius 1 is 0.500 bits per heavy atom. The molecule has 6 nitrogen and oxygen atoms in total. The van der Waals surface area contributed by atoms with Gasteiger partial charge in [-0.05, 0) is 109 Å². The standard InChI is InChI=1S/C48H93NO5/c1-5-9-13-17-19-25-35-45(33-23-15-11-7-3)43-53-47(51)37-27-21-29-39-49(41-31-32-42-50)40-30-22-28-38-48(52)54-44-46(34-24-16-12-8-4)36-26-20-18-14-10-6-2/h5,45-46,50H,1,6-44H2,2-4H3. The number of rotatable bonds is 44. The second-order valence-corrected chi connectivity index (χ2v) is 16.5. The Morgan fingerprint density at radius 2 is 0.852 bits per heavy atom. The molecular weight excluding hydrogens is 671 g/mol. The fourth-order valence-corrected chi connectivity index (χ4v) is 7.54. The summed E-state index contributed by atoms with van der Waals surface area (Å²) in [6.45, 7) is 15.1. The lowest BCUT2D eigenvalue weighted by Gasteiger charge is -2.22. The van der Waals surface area contributed by atoms with Crippen LogP contribution in [0.2, 0.25) is 0 Å². The Labute approximate surface area is 336 Å². The molecule has 0 amide bonds. The number of esters is 2. The first-order valence-electron chi connectivity index (χ1n) is 23.8. The summed E-state index contributed by atoms with van der Waals surface area (Å²) in [6, 6.07) is 0. The fraction of sp³-hybridized carbons (Fsp3) is 0.917. The number of allylic oxidation sites excluding steroid dienone is 1. The van der Waals surface area contributed by atoms with E-state index >= 15 is 0 Å². The van der Waals surface area contributed by atoms with Crippen molar-refractivity contribution in [1.29, 1.82) is 0 Å². The Hall–Kier alpha value is -1.40. The van der Waals surface area contributed by atoms with E-state index in [0.717, 1.165) is 77.4 Å². The first kappa shape index (κ1) is 52.6. The second-order valence-electron chi connectivity index (χ2n) is 16.5. The van der Waals surface area contributed by atoms with Crippen molar-refractivity contribution in [1.82, 2.24) is 4.90 Å². The largest absolute Gasteiger partial charge is 0.465 e. The van der Waals surface area contributed by atoms with Crippen LogP contribution in [-0.4, -0.2) is 61.4 Å². The van der Waals surface area contributed by atoms with Crippen molar-refractivity contribution in [2.75, 3.05) is 39.5 Å². The minimum atomic E-state index is -0.0295. The quantitative estimate of drug-likeness (QED) is 0.0378. The van der Waals surface area contributed by atoms with Crippen LogP contribution in [-0.2, 0) is 19.1 Å². The van der Waals surface area contributed by atoms with Crippen LogP contribution in [0, 0.1) is 11.8 Å². The van der Waals surface area contributed by atoms with Crippen molar-refractivity contribution < 1.29 is 24.2 Å². The van der Waals surface area contributed by atoms with Crippen LogP contribution in [0.15, 0.2) is 12.7 Å². The van der Waals surface area contributed by atoms with Gasteiger partial charge in [0.25, 0.3) is 0 Å². The average molecular weight is 764 g/mol. The van der Waals surface area contributed by atoms with Crippen LogP contribution in [0.4, 0.5) is 0 Å². The smallest absolute Gasteiger partial charge is 0.305 e. The van der Waals surface area contributed by atoms with Gasteiger partial charge in [0, 0.05) is 19.4 Å². The molecule has 0 saturated carbocycles. The van der Waals surface area contributed by atoms with Gasteiger partial charge in [-0.2, -0.15) is 0 Å². The molecule has 0 aromatic heterocycles. The van der Waals surface area contributed by atoms with Crippen LogP contribution in [0.1, 0.15) is 233 Å². The second kappa shape index (κ2) is 42.7. The number of carbonyl (C=O) groups is 2. The van der Waals surface area contributed by atoms with Crippen molar-refractivity contribution in [3.8, 4) is 0 Å². The summed E-state index contributed by atoms with van der Waals surface area (Å²) < 4.78 is 11.6. The number of unbranched alkanes of at least 4 members (excludes halogenated alkanes) is 20. The van der Waals surface area contributed by atoms with Crippen LogP contribution < -0.4 is 0 Å². The van der Waals surface area contributed by atoms with E-state index in [9.17, 15) is 14.7 Å². The molecule has 0 heterocycles. The molecule has 0 fully saturated rings. The van der Waals surface area contributed by atoms with E-state index in [-0.39, 0.29) is 18.5 Å². The van der Waals surface area contributed by atoms with Gasteiger partial charge in [0.1, 0.15) is 0 Å². The molecule has 0 radical (unpaired) electrons. The highest BCUT2D eigenvalue weighted by Gasteiger charge is 2.14. The molecule has 0 aromatic carbocycles. The minimum absolute atomic E-state index is 0.0211. The molecule has 2 unspecified atom stereocenters. The van der Waals surface area contributed by atoms with Gasteiger partial charge < -0.3 is 19.5 Å². The van der Waals surface area contributed by atoms with Crippen molar-refractivity contribution in [2.45, 2.75) is 233 Å². The van der Waals surface area contributed by atoms with Crippen LogP contribution >= 0.6 is 0 Å². The predicted molar refractivity (Wildman–Crippen MR) is 232 cm³/mol. The molecule has 1 N–H and O–H groups in total. The Morgan fingerprint density at radius 3 is 1.26 bits per heavy atom. The molecule has 2 atom stereocenters. The van der Waals surface area contributed by atoms with Crippen molar-refractivity contribution in [2.24, 2.45) is 11.8 Å². The van der Waals surface area contributed by atoms with Crippen LogP contribution in [0.5, 0.6) is 0 Å². The van der Waals surface area contributed by atoms with E-state index in [2.05, 4.69) is 32.3 Å². The number of ether oxygens (including phenoxy) is 2.